The maximum Gasteiger partial charge on any atom is 0.416 e. The molecule has 4 rings (SSSR count). The van der Waals surface area contributed by atoms with Crippen molar-refractivity contribution in [3.05, 3.63) is 65.2 Å². The molecule has 1 fully saturated rings. The lowest BCUT2D eigenvalue weighted by Gasteiger charge is -2.18. The molecule has 3 aromatic carbocycles. The van der Waals surface area contributed by atoms with Crippen LogP contribution in [0.3, 0.4) is 0 Å². The van der Waals surface area contributed by atoms with Gasteiger partial charge in [0.1, 0.15) is 11.9 Å². The highest BCUT2D eigenvalue weighted by Gasteiger charge is 2.31. The van der Waals surface area contributed by atoms with Gasteiger partial charge in [-0.3, -0.25) is 4.72 Å². The van der Waals surface area contributed by atoms with E-state index in [1.165, 1.54) is 56.7 Å². The fourth-order valence-corrected chi connectivity index (χ4v) is 5.65. The van der Waals surface area contributed by atoms with Crippen LogP contribution in [0.15, 0.2) is 59.5 Å². The number of ether oxygens (including phenoxy) is 3. The highest BCUT2D eigenvalue weighted by molar-refractivity contribution is 7.92. The van der Waals surface area contributed by atoms with Crippen LogP contribution in [0.25, 0.3) is 11.1 Å². The lowest BCUT2D eigenvalue weighted by Crippen LogP contribution is -2.21. The zero-order valence-corrected chi connectivity index (χ0v) is 22.4. The molecule has 38 heavy (non-hydrogen) atoms. The van der Waals surface area contributed by atoms with E-state index in [-0.39, 0.29) is 39.3 Å². The molecule has 1 N–H and O–H groups in total. The summed E-state index contributed by atoms with van der Waals surface area (Å²) < 4.78 is 86.5. The van der Waals surface area contributed by atoms with Gasteiger partial charge in [0.25, 0.3) is 10.0 Å². The Morgan fingerprint density at radius 1 is 1.00 bits per heavy atom. The molecule has 1 aliphatic heterocycles. The van der Waals surface area contributed by atoms with Crippen LogP contribution in [0.2, 0.25) is 5.02 Å². The van der Waals surface area contributed by atoms with Crippen molar-refractivity contribution in [2.45, 2.75) is 23.6 Å². The Bertz CT molecular complexity index is 1430. The molecule has 3 aromatic rings. The fraction of sp³-hybridized carbons (Fsp3) is 0.308. The van der Waals surface area contributed by atoms with Gasteiger partial charge >= 0.3 is 6.18 Å². The maximum atomic E-state index is 13.6. The number of hydrogen-bond acceptors (Lipinski definition) is 6. The minimum absolute atomic E-state index is 0.000629. The second-order valence-corrected chi connectivity index (χ2v) is 10.9. The van der Waals surface area contributed by atoms with Crippen LogP contribution in [0.1, 0.15) is 12.0 Å². The third-order valence-corrected chi connectivity index (χ3v) is 7.83. The van der Waals surface area contributed by atoms with E-state index >= 15 is 0 Å². The number of benzene rings is 3. The molecule has 12 heteroatoms. The van der Waals surface area contributed by atoms with Crippen molar-refractivity contribution in [3.8, 4) is 28.4 Å². The molecule has 0 aromatic heterocycles. The molecule has 1 atom stereocenters. The van der Waals surface area contributed by atoms with Crippen LogP contribution in [0.4, 0.5) is 18.9 Å². The molecule has 0 radical (unpaired) electrons. The standard InChI is InChI=1S/C26H26ClF3N2O5S/c1-32-10-9-19(15-32)37-22-12-18(7-8-21(22)27)31-38(33,34)25-14-24(36-3)23(35-2)13-20(25)16-5-4-6-17(11-16)26(28,29)30/h4-8,11-14,19,31H,9-10,15H2,1-3H3/t19-/m1/s1. The first-order valence-electron chi connectivity index (χ1n) is 11.5. The second-order valence-electron chi connectivity index (χ2n) is 8.82. The molecule has 1 saturated heterocycles. The van der Waals surface area contributed by atoms with Crippen molar-refractivity contribution in [2.24, 2.45) is 0 Å². The van der Waals surface area contributed by atoms with E-state index in [0.29, 0.717) is 17.3 Å². The number of alkyl halides is 3. The van der Waals surface area contributed by atoms with E-state index in [0.717, 1.165) is 25.1 Å². The van der Waals surface area contributed by atoms with Crippen LogP contribution in [0, 0.1) is 0 Å². The Hall–Kier alpha value is -3.15. The number of likely N-dealkylation sites (tertiary alicyclic amines) is 1. The lowest BCUT2D eigenvalue weighted by atomic mass is 10.0. The first kappa shape index (κ1) is 27.9. The van der Waals surface area contributed by atoms with E-state index in [4.69, 9.17) is 25.8 Å². The quantitative estimate of drug-likeness (QED) is 0.362. The van der Waals surface area contributed by atoms with Gasteiger partial charge in [-0.25, -0.2) is 8.42 Å². The zero-order valence-electron chi connectivity index (χ0n) is 20.8. The van der Waals surface area contributed by atoms with E-state index < -0.39 is 21.8 Å². The summed E-state index contributed by atoms with van der Waals surface area (Å²) in [4.78, 5) is 1.81. The number of rotatable bonds is 8. The molecule has 1 aliphatic rings. The number of methoxy groups -OCH3 is 2. The number of nitrogens with one attached hydrogen (secondary N) is 1. The van der Waals surface area contributed by atoms with Gasteiger partial charge < -0.3 is 19.1 Å². The lowest BCUT2D eigenvalue weighted by molar-refractivity contribution is -0.137. The fourth-order valence-electron chi connectivity index (χ4n) is 4.21. The summed E-state index contributed by atoms with van der Waals surface area (Å²) in [5, 5.41) is 0.318. The first-order chi connectivity index (χ1) is 17.9. The number of anilines is 1. The normalized spacial score (nSPS) is 16.3. The molecule has 204 valence electrons. The average molecular weight is 571 g/mol. The third-order valence-electron chi connectivity index (χ3n) is 6.10. The average Bonchev–Trinajstić information content (AvgIpc) is 3.29. The van der Waals surface area contributed by atoms with Gasteiger partial charge in [0.15, 0.2) is 11.5 Å². The minimum Gasteiger partial charge on any atom is -0.493 e. The van der Waals surface area contributed by atoms with E-state index in [1.807, 2.05) is 7.05 Å². The summed E-state index contributed by atoms with van der Waals surface area (Å²) in [6, 6.07) is 11.4. The van der Waals surface area contributed by atoms with Crippen molar-refractivity contribution in [1.29, 1.82) is 0 Å². The predicted octanol–water partition coefficient (Wildman–Crippen LogP) is 5.93. The Balaban J connectivity index is 1.75. The van der Waals surface area contributed by atoms with Crippen LogP contribution in [-0.4, -0.2) is 53.8 Å². The summed E-state index contributed by atoms with van der Waals surface area (Å²) in [7, 11) is 0.309. The topological polar surface area (TPSA) is 77.1 Å². The van der Waals surface area contributed by atoms with Gasteiger partial charge in [0.2, 0.25) is 0 Å². The van der Waals surface area contributed by atoms with Crippen molar-refractivity contribution in [2.75, 3.05) is 39.1 Å². The smallest absolute Gasteiger partial charge is 0.416 e. The highest BCUT2D eigenvalue weighted by Crippen LogP contribution is 2.41. The van der Waals surface area contributed by atoms with Crippen molar-refractivity contribution >= 4 is 27.3 Å². The largest absolute Gasteiger partial charge is 0.493 e. The van der Waals surface area contributed by atoms with Crippen LogP contribution in [-0.2, 0) is 16.2 Å². The molecule has 7 nitrogen and oxygen atoms in total. The molecule has 1 heterocycles. The van der Waals surface area contributed by atoms with Gasteiger partial charge in [-0.2, -0.15) is 13.2 Å². The van der Waals surface area contributed by atoms with Gasteiger partial charge in [-0.05, 0) is 49.4 Å². The minimum atomic E-state index is -4.61. The molecule has 0 amide bonds. The highest BCUT2D eigenvalue weighted by atomic mass is 35.5. The molecule has 0 aliphatic carbocycles. The number of hydrogen-bond donors (Lipinski definition) is 1. The van der Waals surface area contributed by atoms with Crippen LogP contribution in [0.5, 0.6) is 17.2 Å². The van der Waals surface area contributed by atoms with Crippen molar-refractivity contribution in [1.82, 2.24) is 4.90 Å². The first-order valence-corrected chi connectivity index (χ1v) is 13.4. The molecule has 0 spiro atoms. The molecule has 0 bridgehead atoms. The third kappa shape index (κ3) is 6.11. The summed E-state index contributed by atoms with van der Waals surface area (Å²) in [5.74, 6) is 0.564. The van der Waals surface area contributed by atoms with Gasteiger partial charge in [-0.15, -0.1) is 0 Å². The van der Waals surface area contributed by atoms with E-state index in [2.05, 4.69) is 9.62 Å². The van der Waals surface area contributed by atoms with Crippen molar-refractivity contribution < 1.29 is 35.8 Å². The maximum absolute atomic E-state index is 13.6. The molecule has 0 unspecified atom stereocenters. The van der Waals surface area contributed by atoms with Gasteiger partial charge in [-0.1, -0.05) is 23.7 Å². The summed E-state index contributed by atoms with van der Waals surface area (Å²) in [5.41, 5.74) is -0.717. The Morgan fingerprint density at radius 2 is 1.71 bits per heavy atom. The number of sulfonamides is 1. The van der Waals surface area contributed by atoms with Gasteiger partial charge in [0.05, 0.1) is 35.4 Å². The SMILES string of the molecule is COc1cc(-c2cccc(C(F)(F)F)c2)c(S(=O)(=O)Nc2ccc(Cl)c(O[C@@H]3CCN(C)C3)c2)cc1OC. The Morgan fingerprint density at radius 3 is 2.34 bits per heavy atom. The molecular formula is C26H26ClF3N2O5S. The number of nitrogens with zero attached hydrogens (tertiary/aromatic N) is 1. The predicted molar refractivity (Wildman–Crippen MR) is 139 cm³/mol. The number of likely N-dealkylation sites (N-methyl/N-ethyl adjacent to an activating group) is 1. The van der Waals surface area contributed by atoms with Gasteiger partial charge in [0, 0.05) is 30.8 Å². The zero-order chi connectivity index (χ0) is 27.7. The summed E-state index contributed by atoms with van der Waals surface area (Å²) >= 11 is 6.29. The van der Waals surface area contributed by atoms with Crippen molar-refractivity contribution in [3.63, 3.8) is 0 Å². The summed E-state index contributed by atoms with van der Waals surface area (Å²) in [6.45, 7) is 1.57. The monoisotopic (exact) mass is 570 g/mol. The Kier molecular flexibility index (Phi) is 8.01. The second kappa shape index (κ2) is 10.9. The van der Waals surface area contributed by atoms with E-state index in [9.17, 15) is 21.6 Å². The molecular weight excluding hydrogens is 545 g/mol. The van der Waals surface area contributed by atoms with Crippen LogP contribution < -0.4 is 18.9 Å². The number of halogens is 4. The Labute approximate surface area is 224 Å². The molecule has 0 saturated carbocycles. The van der Waals surface area contributed by atoms with E-state index in [1.54, 1.807) is 0 Å². The summed E-state index contributed by atoms with van der Waals surface area (Å²) in [6.07, 6.45) is -3.91. The van der Waals surface area contributed by atoms with Crippen LogP contribution >= 0.6 is 11.6 Å².